The Morgan fingerprint density at radius 2 is 1.96 bits per heavy atom. The van der Waals surface area contributed by atoms with E-state index < -0.39 is 0 Å². The van der Waals surface area contributed by atoms with E-state index >= 15 is 0 Å². The highest BCUT2D eigenvalue weighted by atomic mass is 16.5. The van der Waals surface area contributed by atoms with Crippen molar-refractivity contribution >= 4 is 11.8 Å². The third-order valence-corrected chi connectivity index (χ3v) is 5.47. The summed E-state index contributed by atoms with van der Waals surface area (Å²) in [6.07, 6.45) is 3.99. The lowest BCUT2D eigenvalue weighted by atomic mass is 9.78. The van der Waals surface area contributed by atoms with Gasteiger partial charge in [-0.2, -0.15) is 0 Å². The number of nitrogens with zero attached hydrogens (tertiary/aromatic N) is 3. The second-order valence-electron chi connectivity index (χ2n) is 7.13. The summed E-state index contributed by atoms with van der Waals surface area (Å²) in [5.74, 6) is 0.506. The highest BCUT2D eigenvalue weighted by molar-refractivity contribution is 5.84. The van der Waals surface area contributed by atoms with Crippen LogP contribution in [0.4, 0.5) is 0 Å². The molecule has 23 heavy (non-hydrogen) atoms. The molecule has 0 bridgehead atoms. The first-order valence-electron chi connectivity index (χ1n) is 9.02. The zero-order valence-electron chi connectivity index (χ0n) is 14.3. The molecule has 0 aliphatic carbocycles. The van der Waals surface area contributed by atoms with Gasteiger partial charge in [-0.15, -0.1) is 0 Å². The van der Waals surface area contributed by atoms with E-state index in [1.807, 2.05) is 9.80 Å². The Morgan fingerprint density at radius 1 is 1.17 bits per heavy atom. The highest BCUT2D eigenvalue weighted by Crippen LogP contribution is 2.40. The SMILES string of the molecule is CCCN1CCC[C@@]2(CCN(CC(=O)N3CCOCC3)C2)C1=O. The second kappa shape index (κ2) is 7.18. The first-order valence-corrected chi connectivity index (χ1v) is 9.02. The van der Waals surface area contributed by atoms with Gasteiger partial charge < -0.3 is 14.5 Å². The maximum Gasteiger partial charge on any atom is 0.236 e. The molecule has 0 aromatic carbocycles. The Labute approximate surface area is 138 Å². The van der Waals surface area contributed by atoms with Crippen LogP contribution in [0.5, 0.6) is 0 Å². The monoisotopic (exact) mass is 323 g/mol. The molecule has 1 atom stereocenters. The lowest BCUT2D eigenvalue weighted by Crippen LogP contribution is -2.51. The molecule has 0 aromatic heterocycles. The number of amides is 2. The normalized spacial score (nSPS) is 29.5. The van der Waals surface area contributed by atoms with Crippen molar-refractivity contribution in [1.82, 2.24) is 14.7 Å². The molecular formula is C17H29N3O3. The number of likely N-dealkylation sites (tertiary alicyclic amines) is 2. The van der Waals surface area contributed by atoms with Gasteiger partial charge in [-0.25, -0.2) is 0 Å². The first-order chi connectivity index (χ1) is 11.1. The van der Waals surface area contributed by atoms with E-state index in [1.165, 1.54) is 0 Å². The lowest BCUT2D eigenvalue weighted by molar-refractivity contribution is -0.146. The maximum atomic E-state index is 12.9. The number of hydrogen-bond donors (Lipinski definition) is 0. The molecule has 3 fully saturated rings. The van der Waals surface area contributed by atoms with Gasteiger partial charge in [0.05, 0.1) is 25.2 Å². The zero-order valence-corrected chi connectivity index (χ0v) is 14.3. The van der Waals surface area contributed by atoms with Crippen LogP contribution in [0, 0.1) is 5.41 Å². The van der Waals surface area contributed by atoms with Crippen molar-refractivity contribution in [3.8, 4) is 0 Å². The summed E-state index contributed by atoms with van der Waals surface area (Å²) in [6, 6.07) is 0. The number of ether oxygens (including phenoxy) is 1. The molecule has 0 aromatic rings. The van der Waals surface area contributed by atoms with Crippen molar-refractivity contribution in [2.45, 2.75) is 32.6 Å². The minimum atomic E-state index is -0.224. The van der Waals surface area contributed by atoms with E-state index in [-0.39, 0.29) is 11.3 Å². The molecule has 3 rings (SSSR count). The molecule has 130 valence electrons. The van der Waals surface area contributed by atoms with Crippen LogP contribution in [-0.2, 0) is 14.3 Å². The number of piperidine rings is 1. The topological polar surface area (TPSA) is 53.1 Å². The Kier molecular flexibility index (Phi) is 5.21. The van der Waals surface area contributed by atoms with Crippen molar-refractivity contribution < 1.29 is 14.3 Å². The van der Waals surface area contributed by atoms with Crippen molar-refractivity contribution in [2.75, 3.05) is 59.0 Å². The molecule has 0 unspecified atom stereocenters. The van der Waals surface area contributed by atoms with Crippen molar-refractivity contribution in [1.29, 1.82) is 0 Å². The quantitative estimate of drug-likeness (QED) is 0.759. The molecule has 0 N–H and O–H groups in total. The molecule has 0 saturated carbocycles. The second-order valence-corrected chi connectivity index (χ2v) is 7.13. The Bertz CT molecular complexity index is 448. The summed E-state index contributed by atoms with van der Waals surface area (Å²) < 4.78 is 5.30. The summed E-state index contributed by atoms with van der Waals surface area (Å²) in [6.45, 7) is 8.62. The molecular weight excluding hydrogens is 294 g/mol. The van der Waals surface area contributed by atoms with Crippen molar-refractivity contribution in [3.05, 3.63) is 0 Å². The van der Waals surface area contributed by atoms with Gasteiger partial charge in [-0.3, -0.25) is 14.5 Å². The molecule has 6 nitrogen and oxygen atoms in total. The first kappa shape index (κ1) is 16.7. The van der Waals surface area contributed by atoms with Crippen LogP contribution in [0.2, 0.25) is 0 Å². The average Bonchev–Trinajstić information content (AvgIpc) is 2.97. The van der Waals surface area contributed by atoms with E-state index in [0.717, 1.165) is 51.9 Å². The van der Waals surface area contributed by atoms with Gasteiger partial charge in [-0.1, -0.05) is 6.92 Å². The van der Waals surface area contributed by atoms with Gasteiger partial charge in [-0.05, 0) is 32.2 Å². The fourth-order valence-electron chi connectivity index (χ4n) is 4.21. The average molecular weight is 323 g/mol. The third kappa shape index (κ3) is 3.53. The van der Waals surface area contributed by atoms with Gasteiger partial charge in [0, 0.05) is 32.7 Å². The number of carbonyl (C=O) groups excluding carboxylic acids is 2. The molecule has 3 heterocycles. The standard InChI is InChI=1S/C17H29N3O3/c1-2-6-20-7-3-4-17(16(20)22)5-8-18(14-17)13-15(21)19-9-11-23-12-10-19/h2-14H2,1H3/t17-/m0/s1. The van der Waals surface area contributed by atoms with Gasteiger partial charge in [0.15, 0.2) is 0 Å². The summed E-state index contributed by atoms with van der Waals surface area (Å²) in [4.78, 5) is 31.4. The molecule has 3 aliphatic heterocycles. The summed E-state index contributed by atoms with van der Waals surface area (Å²) in [7, 11) is 0. The molecule has 3 saturated heterocycles. The summed E-state index contributed by atoms with van der Waals surface area (Å²) >= 11 is 0. The van der Waals surface area contributed by atoms with E-state index in [9.17, 15) is 9.59 Å². The largest absolute Gasteiger partial charge is 0.378 e. The highest BCUT2D eigenvalue weighted by Gasteiger charge is 2.48. The van der Waals surface area contributed by atoms with Gasteiger partial charge in [0.1, 0.15) is 0 Å². The van der Waals surface area contributed by atoms with E-state index in [1.54, 1.807) is 0 Å². The Balaban J connectivity index is 1.56. The molecule has 2 amide bonds. The number of carbonyl (C=O) groups is 2. The minimum Gasteiger partial charge on any atom is -0.378 e. The van der Waals surface area contributed by atoms with Crippen LogP contribution >= 0.6 is 0 Å². The fraction of sp³-hybridized carbons (Fsp3) is 0.882. The van der Waals surface area contributed by atoms with Crippen LogP contribution in [0.3, 0.4) is 0 Å². The Hall–Kier alpha value is -1.14. The smallest absolute Gasteiger partial charge is 0.236 e. The Morgan fingerprint density at radius 3 is 2.70 bits per heavy atom. The van der Waals surface area contributed by atoms with Crippen LogP contribution in [0.25, 0.3) is 0 Å². The van der Waals surface area contributed by atoms with Crippen LogP contribution < -0.4 is 0 Å². The summed E-state index contributed by atoms with van der Waals surface area (Å²) in [5, 5.41) is 0. The summed E-state index contributed by atoms with van der Waals surface area (Å²) in [5.41, 5.74) is -0.224. The number of hydrogen-bond acceptors (Lipinski definition) is 4. The van der Waals surface area contributed by atoms with Crippen LogP contribution in [0.15, 0.2) is 0 Å². The predicted octanol–water partition coefficient (Wildman–Crippen LogP) is 0.570. The predicted molar refractivity (Wildman–Crippen MR) is 87.0 cm³/mol. The fourth-order valence-corrected chi connectivity index (χ4v) is 4.21. The van der Waals surface area contributed by atoms with Gasteiger partial charge in [0.25, 0.3) is 0 Å². The van der Waals surface area contributed by atoms with Crippen LogP contribution in [-0.4, -0.2) is 85.5 Å². The van der Waals surface area contributed by atoms with E-state index in [4.69, 9.17) is 4.74 Å². The third-order valence-electron chi connectivity index (χ3n) is 5.47. The van der Waals surface area contributed by atoms with Gasteiger partial charge in [0.2, 0.25) is 11.8 Å². The maximum absolute atomic E-state index is 12.9. The molecule has 6 heteroatoms. The lowest BCUT2D eigenvalue weighted by Gasteiger charge is -2.39. The minimum absolute atomic E-state index is 0.180. The molecule has 0 radical (unpaired) electrons. The van der Waals surface area contributed by atoms with Crippen molar-refractivity contribution in [2.24, 2.45) is 5.41 Å². The van der Waals surface area contributed by atoms with Crippen molar-refractivity contribution in [3.63, 3.8) is 0 Å². The van der Waals surface area contributed by atoms with Gasteiger partial charge >= 0.3 is 0 Å². The molecule has 1 spiro atoms. The van der Waals surface area contributed by atoms with E-state index in [2.05, 4.69) is 11.8 Å². The van der Waals surface area contributed by atoms with E-state index in [0.29, 0.717) is 38.8 Å². The zero-order chi connectivity index (χ0) is 16.3. The molecule has 3 aliphatic rings. The number of morpholine rings is 1. The van der Waals surface area contributed by atoms with Crippen LogP contribution in [0.1, 0.15) is 32.6 Å². The number of rotatable bonds is 4.